The van der Waals surface area contributed by atoms with Crippen LogP contribution in [0.25, 0.3) is 0 Å². The fourth-order valence-corrected chi connectivity index (χ4v) is 0.904. The summed E-state index contributed by atoms with van der Waals surface area (Å²) in [6, 6.07) is 2.92. The molecule has 4 nitrogen and oxygen atoms in total. The molecular weight excluding hydrogens is 173 g/mol. The second kappa shape index (κ2) is 5.33. The van der Waals surface area contributed by atoms with Crippen LogP contribution in [0.4, 0.5) is 0 Å². The van der Waals surface area contributed by atoms with Crippen molar-refractivity contribution in [3.8, 4) is 5.75 Å². The maximum absolute atomic E-state index is 10.3. The number of methoxy groups -OCH3 is 1. The molecule has 6 heteroatoms. The van der Waals surface area contributed by atoms with E-state index in [-0.39, 0.29) is 23.9 Å². The summed E-state index contributed by atoms with van der Waals surface area (Å²) in [6.45, 7) is 0. The van der Waals surface area contributed by atoms with E-state index in [4.69, 9.17) is 4.74 Å². The third-order valence-electron chi connectivity index (χ3n) is 1.12. The van der Waals surface area contributed by atoms with E-state index < -0.39 is 11.1 Å². The van der Waals surface area contributed by atoms with Crippen LogP contribution in [0.1, 0.15) is 0 Å². The van der Waals surface area contributed by atoms with Crippen molar-refractivity contribution >= 4 is 11.1 Å². The molecule has 0 spiro atoms. The molecular formula is C6H6LiNO3S. The molecule has 0 aliphatic rings. The van der Waals surface area contributed by atoms with Crippen LogP contribution in [0.3, 0.4) is 0 Å². The van der Waals surface area contributed by atoms with Crippen molar-refractivity contribution in [2.45, 2.75) is 5.03 Å². The zero-order valence-electron chi connectivity index (χ0n) is 6.81. The van der Waals surface area contributed by atoms with Crippen LogP contribution in [0, 0.1) is 0 Å². The zero-order chi connectivity index (χ0) is 8.27. The third-order valence-corrected chi connectivity index (χ3v) is 1.70. The predicted octanol–water partition coefficient (Wildman–Crippen LogP) is -2.67. The van der Waals surface area contributed by atoms with Crippen molar-refractivity contribution in [2.24, 2.45) is 0 Å². The first-order valence-corrected chi connectivity index (χ1v) is 3.91. The number of rotatable bonds is 2. The van der Waals surface area contributed by atoms with Gasteiger partial charge in [0.25, 0.3) is 0 Å². The van der Waals surface area contributed by atoms with Crippen LogP contribution >= 0.6 is 0 Å². The van der Waals surface area contributed by atoms with Gasteiger partial charge in [0.1, 0.15) is 10.8 Å². The predicted molar refractivity (Wildman–Crippen MR) is 38.0 cm³/mol. The number of ether oxygens (including phenoxy) is 1. The molecule has 1 aromatic heterocycles. The van der Waals surface area contributed by atoms with Crippen LogP contribution < -0.4 is 23.6 Å². The average molecular weight is 179 g/mol. The van der Waals surface area contributed by atoms with Gasteiger partial charge in [-0.2, -0.15) is 0 Å². The standard InChI is InChI=1S/C6H7NO3S.Li/c1-10-5-2-3-6(7-4-5)11(8)9;/h2-4H,1H3,(H,8,9);/q;+1/p-1. The van der Waals surface area contributed by atoms with Crippen molar-refractivity contribution in [1.29, 1.82) is 0 Å². The van der Waals surface area contributed by atoms with Gasteiger partial charge >= 0.3 is 18.9 Å². The third kappa shape index (κ3) is 2.95. The Morgan fingerprint density at radius 3 is 2.58 bits per heavy atom. The molecule has 0 aromatic carbocycles. The van der Waals surface area contributed by atoms with E-state index in [1.165, 1.54) is 25.4 Å². The summed E-state index contributed by atoms with van der Waals surface area (Å²) in [5, 5.41) is 0.0193. The SMILES string of the molecule is COc1ccc(S(=O)[O-])nc1.[Li+]. The van der Waals surface area contributed by atoms with Gasteiger partial charge in [-0.15, -0.1) is 0 Å². The zero-order valence-corrected chi connectivity index (χ0v) is 7.63. The van der Waals surface area contributed by atoms with Crippen molar-refractivity contribution < 1.29 is 32.4 Å². The van der Waals surface area contributed by atoms with Gasteiger partial charge in [-0.25, -0.2) is 4.98 Å². The number of hydrogen-bond donors (Lipinski definition) is 0. The van der Waals surface area contributed by atoms with Gasteiger partial charge in [-0.1, -0.05) is 0 Å². The van der Waals surface area contributed by atoms with Crippen molar-refractivity contribution in [2.75, 3.05) is 7.11 Å². The van der Waals surface area contributed by atoms with Gasteiger partial charge in [-0.05, 0) is 23.2 Å². The van der Waals surface area contributed by atoms with E-state index in [0.29, 0.717) is 5.75 Å². The molecule has 0 saturated heterocycles. The van der Waals surface area contributed by atoms with Crippen molar-refractivity contribution in [3.05, 3.63) is 18.3 Å². The monoisotopic (exact) mass is 179 g/mol. The summed E-state index contributed by atoms with van der Waals surface area (Å²) in [7, 11) is 1.49. The average Bonchev–Trinajstić information content (AvgIpc) is 2.05. The first-order valence-electron chi connectivity index (χ1n) is 2.83. The quantitative estimate of drug-likeness (QED) is 0.367. The molecule has 0 N–H and O–H groups in total. The second-order valence-corrected chi connectivity index (χ2v) is 2.66. The molecule has 1 aromatic rings. The molecule has 0 fully saturated rings. The molecule has 0 aliphatic heterocycles. The minimum atomic E-state index is -2.26. The summed E-state index contributed by atoms with van der Waals surface area (Å²) in [4.78, 5) is 3.61. The van der Waals surface area contributed by atoms with Gasteiger partial charge in [0, 0.05) is 0 Å². The van der Waals surface area contributed by atoms with Crippen LogP contribution in [-0.4, -0.2) is 20.9 Å². The summed E-state index contributed by atoms with van der Waals surface area (Å²) in [6.07, 6.45) is 1.35. The summed E-state index contributed by atoms with van der Waals surface area (Å²) in [5.74, 6) is 0.541. The summed E-state index contributed by atoms with van der Waals surface area (Å²) in [5.41, 5.74) is 0. The Labute approximate surface area is 84.8 Å². The number of aromatic nitrogens is 1. The van der Waals surface area contributed by atoms with Crippen LogP contribution in [-0.2, 0) is 11.1 Å². The molecule has 0 amide bonds. The second-order valence-electron chi connectivity index (χ2n) is 1.77. The Morgan fingerprint density at radius 2 is 2.25 bits per heavy atom. The largest absolute Gasteiger partial charge is 1.00 e. The first kappa shape index (κ1) is 11.7. The topological polar surface area (TPSA) is 62.2 Å². The van der Waals surface area contributed by atoms with Gasteiger partial charge < -0.3 is 9.29 Å². The molecule has 1 rings (SSSR count). The number of pyridine rings is 1. The number of hydrogen-bond acceptors (Lipinski definition) is 4. The van der Waals surface area contributed by atoms with Gasteiger partial charge in [0.2, 0.25) is 0 Å². The van der Waals surface area contributed by atoms with Crippen LogP contribution in [0.2, 0.25) is 0 Å². The maximum atomic E-state index is 10.3. The molecule has 0 saturated carbocycles. The minimum Gasteiger partial charge on any atom is -0.767 e. The molecule has 1 heterocycles. The normalized spacial score (nSPS) is 11.5. The van der Waals surface area contributed by atoms with E-state index in [2.05, 4.69) is 4.98 Å². The van der Waals surface area contributed by atoms with Crippen LogP contribution in [0.15, 0.2) is 23.4 Å². The van der Waals surface area contributed by atoms with E-state index in [1.54, 1.807) is 0 Å². The Balaban J connectivity index is 0.00000121. The molecule has 12 heavy (non-hydrogen) atoms. The molecule has 0 aliphatic carbocycles. The Kier molecular flexibility index (Phi) is 5.18. The fraction of sp³-hybridized carbons (Fsp3) is 0.167. The Hall–Kier alpha value is -0.343. The molecule has 0 radical (unpaired) electrons. The molecule has 0 bridgehead atoms. The van der Waals surface area contributed by atoms with E-state index in [0.717, 1.165) is 0 Å². The Bertz CT molecular complexity index is 264. The van der Waals surface area contributed by atoms with Gasteiger partial charge in [0.05, 0.1) is 13.3 Å². The number of nitrogens with zero attached hydrogens (tertiary/aromatic N) is 1. The summed E-state index contributed by atoms with van der Waals surface area (Å²) >= 11 is -2.26. The van der Waals surface area contributed by atoms with Crippen molar-refractivity contribution in [1.82, 2.24) is 4.98 Å². The molecule has 1 unspecified atom stereocenters. The first-order chi connectivity index (χ1) is 5.24. The molecule has 60 valence electrons. The van der Waals surface area contributed by atoms with Gasteiger partial charge in [0.15, 0.2) is 0 Å². The van der Waals surface area contributed by atoms with Crippen molar-refractivity contribution in [3.63, 3.8) is 0 Å². The van der Waals surface area contributed by atoms with E-state index in [9.17, 15) is 8.76 Å². The Morgan fingerprint density at radius 1 is 1.58 bits per heavy atom. The van der Waals surface area contributed by atoms with E-state index in [1.807, 2.05) is 0 Å². The van der Waals surface area contributed by atoms with Gasteiger partial charge in [-0.3, -0.25) is 4.21 Å². The fourth-order valence-electron chi connectivity index (χ4n) is 0.586. The van der Waals surface area contributed by atoms with Crippen LogP contribution in [0.5, 0.6) is 5.75 Å². The van der Waals surface area contributed by atoms with E-state index >= 15 is 0 Å². The maximum Gasteiger partial charge on any atom is 1.00 e. The smallest absolute Gasteiger partial charge is 0.767 e. The summed E-state index contributed by atoms with van der Waals surface area (Å²) < 4.78 is 25.4. The molecule has 1 atom stereocenters. The minimum absolute atomic E-state index is 0.